The van der Waals surface area contributed by atoms with Crippen LogP contribution in [0, 0.1) is 0 Å². The second-order valence-corrected chi connectivity index (χ2v) is 7.12. The van der Waals surface area contributed by atoms with E-state index in [1.54, 1.807) is 25.6 Å². The van der Waals surface area contributed by atoms with Crippen LogP contribution in [-0.2, 0) is 13.0 Å². The predicted octanol–water partition coefficient (Wildman–Crippen LogP) is 4.84. The molecule has 4 rings (SSSR count). The second-order valence-electron chi connectivity index (χ2n) is 6.40. The Hall–Kier alpha value is -2.73. The Bertz CT molecular complexity index is 912. The van der Waals surface area contributed by atoms with Gasteiger partial charge in [0.25, 0.3) is 0 Å². The molecule has 0 amide bonds. The summed E-state index contributed by atoms with van der Waals surface area (Å²) in [6.07, 6.45) is 1.98. The number of fused-ring (bicyclic) bond motifs is 1. The highest BCUT2D eigenvalue weighted by Gasteiger charge is 2.27. The zero-order chi connectivity index (χ0) is 18.6. The van der Waals surface area contributed by atoms with Gasteiger partial charge in [0.05, 0.1) is 31.5 Å². The molecule has 0 radical (unpaired) electrons. The van der Waals surface area contributed by atoms with Crippen LogP contribution >= 0.6 is 11.3 Å². The summed E-state index contributed by atoms with van der Waals surface area (Å²) in [6, 6.07) is 12.4. The number of anilines is 1. The van der Waals surface area contributed by atoms with Crippen molar-refractivity contribution in [2.45, 2.75) is 25.5 Å². The molecule has 6 heteroatoms. The number of thiazole rings is 1. The standard InChI is InChI=1S/C21H22N2O3S/c1-24-20-9-7-17-18(21(20)25-2)6-8-19(17)23-14-4-3-5-16(10-14)26-11-15-12-27-13-22-15/h3-5,7,9-10,12-13,19,23H,6,8,11H2,1-2H3. The van der Waals surface area contributed by atoms with E-state index in [2.05, 4.69) is 22.4 Å². The summed E-state index contributed by atoms with van der Waals surface area (Å²) in [4.78, 5) is 4.25. The van der Waals surface area contributed by atoms with Crippen molar-refractivity contribution < 1.29 is 14.2 Å². The van der Waals surface area contributed by atoms with Gasteiger partial charge in [0.15, 0.2) is 11.5 Å². The van der Waals surface area contributed by atoms with Gasteiger partial charge in [-0.15, -0.1) is 11.3 Å². The van der Waals surface area contributed by atoms with Crippen LogP contribution in [0.2, 0.25) is 0 Å². The van der Waals surface area contributed by atoms with E-state index < -0.39 is 0 Å². The number of benzene rings is 2. The average Bonchev–Trinajstić information content (AvgIpc) is 3.36. The summed E-state index contributed by atoms with van der Waals surface area (Å²) in [5, 5.41) is 5.63. The number of hydrogen-bond donors (Lipinski definition) is 1. The molecule has 2 aromatic carbocycles. The molecule has 0 aliphatic heterocycles. The summed E-state index contributed by atoms with van der Waals surface area (Å²) >= 11 is 1.58. The Morgan fingerprint density at radius 1 is 1.19 bits per heavy atom. The van der Waals surface area contributed by atoms with Crippen LogP contribution in [0.3, 0.4) is 0 Å². The van der Waals surface area contributed by atoms with Gasteiger partial charge in [-0.05, 0) is 36.6 Å². The van der Waals surface area contributed by atoms with Gasteiger partial charge < -0.3 is 19.5 Å². The van der Waals surface area contributed by atoms with Crippen molar-refractivity contribution in [1.29, 1.82) is 0 Å². The summed E-state index contributed by atoms with van der Waals surface area (Å²) in [7, 11) is 3.37. The Morgan fingerprint density at radius 2 is 2.11 bits per heavy atom. The minimum Gasteiger partial charge on any atom is -0.493 e. The molecule has 5 nitrogen and oxygen atoms in total. The zero-order valence-corrected chi connectivity index (χ0v) is 16.2. The first-order chi connectivity index (χ1) is 13.3. The SMILES string of the molecule is COc1ccc2c(c1OC)CCC2Nc1cccc(OCc2cscn2)c1. The molecule has 3 aromatic rings. The second kappa shape index (κ2) is 7.88. The van der Waals surface area contributed by atoms with Crippen molar-refractivity contribution in [2.24, 2.45) is 0 Å². The van der Waals surface area contributed by atoms with Crippen LogP contribution in [0.4, 0.5) is 5.69 Å². The number of methoxy groups -OCH3 is 2. The minimum absolute atomic E-state index is 0.244. The van der Waals surface area contributed by atoms with Gasteiger partial charge in [0.1, 0.15) is 12.4 Å². The quantitative estimate of drug-likeness (QED) is 0.634. The fourth-order valence-corrected chi connectivity index (χ4v) is 4.07. The third-order valence-electron chi connectivity index (χ3n) is 4.79. The van der Waals surface area contributed by atoms with Gasteiger partial charge in [-0.2, -0.15) is 0 Å². The van der Waals surface area contributed by atoms with Crippen molar-refractivity contribution >= 4 is 17.0 Å². The average molecular weight is 382 g/mol. The lowest BCUT2D eigenvalue weighted by Gasteiger charge is -2.18. The number of aromatic nitrogens is 1. The van der Waals surface area contributed by atoms with E-state index in [4.69, 9.17) is 14.2 Å². The van der Waals surface area contributed by atoms with Crippen molar-refractivity contribution in [3.63, 3.8) is 0 Å². The molecule has 0 saturated carbocycles. The van der Waals surface area contributed by atoms with E-state index in [1.807, 2.05) is 35.2 Å². The van der Waals surface area contributed by atoms with Crippen LogP contribution in [-0.4, -0.2) is 19.2 Å². The summed E-state index contributed by atoms with van der Waals surface area (Å²) in [5.41, 5.74) is 6.30. The van der Waals surface area contributed by atoms with E-state index in [0.29, 0.717) is 6.61 Å². The van der Waals surface area contributed by atoms with E-state index in [1.165, 1.54) is 11.1 Å². The molecule has 0 spiro atoms. The molecule has 1 atom stereocenters. The lowest BCUT2D eigenvalue weighted by Crippen LogP contribution is -2.07. The highest BCUT2D eigenvalue weighted by Crippen LogP contribution is 2.43. The fraction of sp³-hybridized carbons (Fsp3) is 0.286. The Kier molecular flexibility index (Phi) is 5.16. The number of nitrogens with one attached hydrogen (secondary N) is 1. The lowest BCUT2D eigenvalue weighted by atomic mass is 10.1. The summed E-state index contributed by atoms with van der Waals surface area (Å²) < 4.78 is 16.9. The van der Waals surface area contributed by atoms with Crippen molar-refractivity contribution in [3.05, 3.63) is 64.1 Å². The van der Waals surface area contributed by atoms with Gasteiger partial charge in [0, 0.05) is 22.7 Å². The molecule has 0 bridgehead atoms. The van der Waals surface area contributed by atoms with Crippen LogP contribution < -0.4 is 19.5 Å². The normalized spacial score (nSPS) is 15.3. The molecule has 0 fully saturated rings. The van der Waals surface area contributed by atoms with E-state index >= 15 is 0 Å². The molecule has 1 aliphatic rings. The summed E-state index contributed by atoms with van der Waals surface area (Å²) in [6.45, 7) is 0.482. The maximum atomic E-state index is 5.86. The summed E-state index contributed by atoms with van der Waals surface area (Å²) in [5.74, 6) is 2.47. The first kappa shape index (κ1) is 17.7. The van der Waals surface area contributed by atoms with Gasteiger partial charge in [-0.25, -0.2) is 4.98 Å². The third kappa shape index (κ3) is 3.71. The van der Waals surface area contributed by atoms with Crippen molar-refractivity contribution in [2.75, 3.05) is 19.5 Å². The number of nitrogens with zero attached hydrogens (tertiary/aromatic N) is 1. The third-order valence-corrected chi connectivity index (χ3v) is 5.42. The first-order valence-corrected chi connectivity index (χ1v) is 9.83. The van der Waals surface area contributed by atoms with Crippen LogP contribution in [0.5, 0.6) is 17.2 Å². The lowest BCUT2D eigenvalue weighted by molar-refractivity contribution is 0.302. The van der Waals surface area contributed by atoms with Gasteiger partial charge in [0.2, 0.25) is 0 Å². The molecular formula is C21H22N2O3S. The topological polar surface area (TPSA) is 52.6 Å². The monoisotopic (exact) mass is 382 g/mol. The van der Waals surface area contributed by atoms with Crippen LogP contribution in [0.25, 0.3) is 0 Å². The largest absolute Gasteiger partial charge is 0.493 e. The molecule has 1 unspecified atom stereocenters. The Balaban J connectivity index is 1.49. The number of hydrogen-bond acceptors (Lipinski definition) is 6. The minimum atomic E-state index is 0.244. The number of ether oxygens (including phenoxy) is 3. The highest BCUT2D eigenvalue weighted by molar-refractivity contribution is 7.07. The maximum absolute atomic E-state index is 5.86. The van der Waals surface area contributed by atoms with Gasteiger partial charge in [-0.1, -0.05) is 12.1 Å². The molecule has 1 N–H and O–H groups in total. The molecular weight excluding hydrogens is 360 g/mol. The Labute approximate surface area is 162 Å². The Morgan fingerprint density at radius 3 is 2.89 bits per heavy atom. The van der Waals surface area contributed by atoms with E-state index in [0.717, 1.165) is 41.5 Å². The smallest absolute Gasteiger partial charge is 0.164 e. The number of rotatable bonds is 7. The molecule has 1 aromatic heterocycles. The van der Waals surface area contributed by atoms with E-state index in [-0.39, 0.29) is 6.04 Å². The van der Waals surface area contributed by atoms with Gasteiger partial charge in [-0.3, -0.25) is 0 Å². The van der Waals surface area contributed by atoms with Crippen LogP contribution in [0.1, 0.15) is 29.3 Å². The molecule has 0 saturated heterocycles. The molecule has 1 heterocycles. The van der Waals surface area contributed by atoms with Crippen LogP contribution in [0.15, 0.2) is 47.3 Å². The highest BCUT2D eigenvalue weighted by atomic mass is 32.1. The van der Waals surface area contributed by atoms with Gasteiger partial charge >= 0.3 is 0 Å². The van der Waals surface area contributed by atoms with Crippen molar-refractivity contribution in [3.8, 4) is 17.2 Å². The molecule has 27 heavy (non-hydrogen) atoms. The predicted molar refractivity (Wildman–Crippen MR) is 107 cm³/mol. The van der Waals surface area contributed by atoms with E-state index in [9.17, 15) is 0 Å². The maximum Gasteiger partial charge on any atom is 0.164 e. The van der Waals surface area contributed by atoms with Crippen molar-refractivity contribution in [1.82, 2.24) is 4.98 Å². The first-order valence-electron chi connectivity index (χ1n) is 8.88. The molecule has 1 aliphatic carbocycles. The molecule has 140 valence electrons. The zero-order valence-electron chi connectivity index (χ0n) is 15.4. The fourth-order valence-electron chi connectivity index (χ4n) is 3.53.